The Bertz CT molecular complexity index is 794. The fraction of sp³-hybridized carbons (Fsp3) is 0.588. The van der Waals surface area contributed by atoms with Gasteiger partial charge < -0.3 is 19.3 Å². The molecule has 0 aliphatic carbocycles. The van der Waals surface area contributed by atoms with Gasteiger partial charge >= 0.3 is 6.18 Å². The minimum Gasteiger partial charge on any atom is -0.480 e. The largest absolute Gasteiger partial charge is 0.480 e. The van der Waals surface area contributed by atoms with Crippen molar-refractivity contribution in [2.45, 2.75) is 30.9 Å². The molecule has 0 bridgehead atoms. The van der Waals surface area contributed by atoms with Crippen LogP contribution in [0.5, 0.6) is 5.88 Å². The number of alkyl halides is 4. The minimum absolute atomic E-state index is 0.00965. The molecular formula is C17H20BrF4N3O4. The van der Waals surface area contributed by atoms with E-state index < -0.39 is 48.9 Å². The molecule has 1 fully saturated rings. The van der Waals surface area contributed by atoms with Crippen molar-refractivity contribution in [3.8, 4) is 5.88 Å². The average Bonchev–Trinajstić information content (AvgIpc) is 3.06. The quantitative estimate of drug-likeness (QED) is 0.599. The van der Waals surface area contributed by atoms with Crippen LogP contribution in [0.4, 0.5) is 17.6 Å². The second-order valence-corrected chi connectivity index (χ2v) is 7.57. The van der Waals surface area contributed by atoms with E-state index in [1.54, 1.807) is 0 Å². The lowest BCUT2D eigenvalue weighted by molar-refractivity contribution is -0.258. The van der Waals surface area contributed by atoms with E-state index in [4.69, 9.17) is 4.74 Å². The predicted octanol–water partition coefficient (Wildman–Crippen LogP) is 2.44. The number of likely N-dealkylation sites (tertiary alicyclic amines) is 1. The van der Waals surface area contributed by atoms with Crippen LogP contribution >= 0.6 is 15.9 Å². The van der Waals surface area contributed by atoms with E-state index in [1.807, 2.05) is 0 Å². The van der Waals surface area contributed by atoms with Crippen LogP contribution in [0.2, 0.25) is 0 Å². The molecule has 0 aromatic carbocycles. The highest BCUT2D eigenvalue weighted by molar-refractivity contribution is 9.10. The summed E-state index contributed by atoms with van der Waals surface area (Å²) in [6.07, 6.45) is -5.32. The van der Waals surface area contributed by atoms with Crippen LogP contribution in [0, 0.1) is 0 Å². The van der Waals surface area contributed by atoms with Gasteiger partial charge in [-0.05, 0) is 28.9 Å². The monoisotopic (exact) mass is 485 g/mol. The Morgan fingerprint density at radius 1 is 1.31 bits per heavy atom. The van der Waals surface area contributed by atoms with Crippen molar-refractivity contribution in [1.82, 2.24) is 14.8 Å². The van der Waals surface area contributed by atoms with Gasteiger partial charge in [-0.25, -0.2) is 9.37 Å². The van der Waals surface area contributed by atoms with Crippen molar-refractivity contribution in [2.24, 2.45) is 0 Å². The lowest BCUT2D eigenvalue weighted by Gasteiger charge is -2.33. The van der Waals surface area contributed by atoms with E-state index in [0.717, 1.165) is 12.0 Å². The fourth-order valence-electron chi connectivity index (χ4n) is 2.99. The molecule has 1 aliphatic rings. The predicted molar refractivity (Wildman–Crippen MR) is 97.3 cm³/mol. The van der Waals surface area contributed by atoms with Gasteiger partial charge in [0.25, 0.3) is 11.8 Å². The first kappa shape index (κ1) is 23.3. The number of carbonyl (C=O) groups excluding carboxylic acids is 2. The summed E-state index contributed by atoms with van der Waals surface area (Å²) in [4.78, 5) is 30.9. The number of likely N-dealkylation sites (N-methyl/N-ethyl adjacent to an activating group) is 1. The highest BCUT2D eigenvalue weighted by atomic mass is 79.9. The van der Waals surface area contributed by atoms with Crippen molar-refractivity contribution in [3.05, 3.63) is 22.3 Å². The topological polar surface area (TPSA) is 72.0 Å². The van der Waals surface area contributed by atoms with Crippen molar-refractivity contribution in [2.75, 3.05) is 34.4 Å². The average molecular weight is 486 g/mol. The van der Waals surface area contributed by atoms with Crippen LogP contribution in [-0.2, 0) is 9.53 Å². The van der Waals surface area contributed by atoms with Gasteiger partial charge in [-0.1, -0.05) is 0 Å². The zero-order valence-electron chi connectivity index (χ0n) is 16.1. The van der Waals surface area contributed by atoms with Gasteiger partial charge in [0.15, 0.2) is 0 Å². The maximum atomic E-state index is 14.6. The van der Waals surface area contributed by atoms with Crippen LogP contribution in [0.15, 0.2) is 16.7 Å². The normalized spacial score (nSPS) is 21.6. The molecule has 2 amide bonds. The number of rotatable bonds is 5. The number of aromatic nitrogens is 1. The summed E-state index contributed by atoms with van der Waals surface area (Å²) >= 11 is 3.18. The molecule has 0 spiro atoms. The molecule has 7 nitrogen and oxygen atoms in total. The SMILES string of the molecule is COc1ncc(Br)cc1C(=O)N(C)[C@@H]1CN(C(=O)C(C)(OC)C(F)(F)F)C[C@@H]1F. The van der Waals surface area contributed by atoms with Crippen molar-refractivity contribution in [1.29, 1.82) is 0 Å². The smallest absolute Gasteiger partial charge is 0.426 e. The molecular weight excluding hydrogens is 466 g/mol. The van der Waals surface area contributed by atoms with E-state index >= 15 is 0 Å². The number of hydrogen-bond donors (Lipinski definition) is 0. The fourth-order valence-corrected chi connectivity index (χ4v) is 3.32. The number of hydrogen-bond acceptors (Lipinski definition) is 5. The second kappa shape index (κ2) is 8.42. The molecule has 29 heavy (non-hydrogen) atoms. The lowest BCUT2D eigenvalue weighted by Crippen LogP contribution is -2.57. The first-order chi connectivity index (χ1) is 13.4. The molecule has 2 rings (SSSR count). The van der Waals surface area contributed by atoms with Gasteiger partial charge in [-0.3, -0.25) is 9.59 Å². The molecule has 2 heterocycles. The maximum Gasteiger partial charge on any atom is 0.426 e. The summed E-state index contributed by atoms with van der Waals surface area (Å²) in [5.74, 6) is -2.06. The summed E-state index contributed by atoms with van der Waals surface area (Å²) < 4.78 is 64.4. The minimum atomic E-state index is -4.99. The third-order valence-electron chi connectivity index (χ3n) is 4.92. The zero-order chi connectivity index (χ0) is 22.1. The Labute approximate surface area is 173 Å². The van der Waals surface area contributed by atoms with Gasteiger partial charge in [-0.15, -0.1) is 0 Å². The van der Waals surface area contributed by atoms with Crippen molar-refractivity contribution >= 4 is 27.7 Å². The van der Waals surface area contributed by atoms with Crippen LogP contribution in [-0.4, -0.2) is 84.9 Å². The molecule has 0 N–H and O–H groups in total. The summed E-state index contributed by atoms with van der Waals surface area (Å²) in [5, 5.41) is 0. The molecule has 3 atom stereocenters. The van der Waals surface area contributed by atoms with Crippen molar-refractivity contribution < 1.29 is 36.6 Å². The number of methoxy groups -OCH3 is 2. The highest BCUT2D eigenvalue weighted by Crippen LogP contribution is 2.36. The van der Waals surface area contributed by atoms with Crippen LogP contribution in [0.25, 0.3) is 0 Å². The summed E-state index contributed by atoms with van der Waals surface area (Å²) in [6.45, 7) is -0.423. The summed E-state index contributed by atoms with van der Waals surface area (Å²) in [6, 6.07) is 0.283. The van der Waals surface area contributed by atoms with Gasteiger partial charge in [-0.2, -0.15) is 13.2 Å². The van der Waals surface area contributed by atoms with Gasteiger partial charge in [0.2, 0.25) is 11.5 Å². The standard InChI is InChI=1S/C17H20BrF4N3O4/c1-16(29-4,17(20,21)22)15(27)25-7-11(19)12(8-25)24(2)14(26)10-5-9(18)6-23-13(10)28-3/h5-6,11-12H,7-8H2,1-4H3/t11-,12+,16?/m0/s1. The molecule has 12 heteroatoms. The summed E-state index contributed by atoms with van der Waals surface area (Å²) in [7, 11) is 3.37. The molecule has 0 saturated carbocycles. The molecule has 1 unspecified atom stereocenters. The van der Waals surface area contributed by atoms with Crippen LogP contribution in [0.3, 0.4) is 0 Å². The van der Waals surface area contributed by atoms with E-state index in [2.05, 4.69) is 25.7 Å². The third-order valence-corrected chi connectivity index (χ3v) is 5.36. The highest BCUT2D eigenvalue weighted by Gasteiger charge is 2.60. The molecule has 1 aliphatic heterocycles. The van der Waals surface area contributed by atoms with Crippen LogP contribution in [0.1, 0.15) is 17.3 Å². The third kappa shape index (κ3) is 4.32. The van der Waals surface area contributed by atoms with Crippen molar-refractivity contribution in [3.63, 3.8) is 0 Å². The van der Waals surface area contributed by atoms with E-state index in [0.29, 0.717) is 16.3 Å². The van der Waals surface area contributed by atoms with Gasteiger partial charge in [0, 0.05) is 31.4 Å². The maximum absolute atomic E-state index is 14.6. The molecule has 162 valence electrons. The zero-order valence-corrected chi connectivity index (χ0v) is 17.7. The number of amides is 2. The Balaban J connectivity index is 2.24. The Morgan fingerprint density at radius 2 is 1.93 bits per heavy atom. The molecule has 0 radical (unpaired) electrons. The Morgan fingerprint density at radius 3 is 2.45 bits per heavy atom. The number of carbonyl (C=O) groups is 2. The van der Waals surface area contributed by atoms with Gasteiger partial charge in [0.1, 0.15) is 11.7 Å². The molecule has 1 aromatic heterocycles. The Hall–Kier alpha value is -1.95. The Kier molecular flexibility index (Phi) is 6.78. The molecule has 1 saturated heterocycles. The number of nitrogens with zero attached hydrogens (tertiary/aromatic N) is 3. The first-order valence-corrected chi connectivity index (χ1v) is 9.18. The number of pyridine rings is 1. The van der Waals surface area contributed by atoms with E-state index in [-0.39, 0.29) is 11.4 Å². The van der Waals surface area contributed by atoms with Crippen LogP contribution < -0.4 is 4.74 Å². The second-order valence-electron chi connectivity index (χ2n) is 6.66. The number of halogens is 5. The number of ether oxygens (including phenoxy) is 2. The first-order valence-electron chi connectivity index (χ1n) is 8.39. The summed E-state index contributed by atoms with van der Waals surface area (Å²) in [5.41, 5.74) is -3.07. The van der Waals surface area contributed by atoms with Gasteiger partial charge in [0.05, 0.1) is 19.7 Å². The molecule has 1 aromatic rings. The van der Waals surface area contributed by atoms with E-state index in [9.17, 15) is 27.2 Å². The van der Waals surface area contributed by atoms with E-state index in [1.165, 1.54) is 26.4 Å². The lowest BCUT2D eigenvalue weighted by atomic mass is 10.0.